The highest BCUT2D eigenvalue weighted by atomic mass is 16.2. The summed E-state index contributed by atoms with van der Waals surface area (Å²) in [5.74, 6) is 1.36. The predicted octanol–water partition coefficient (Wildman–Crippen LogP) is 1.42. The van der Waals surface area contributed by atoms with Gasteiger partial charge in [-0.1, -0.05) is 30.3 Å². The van der Waals surface area contributed by atoms with E-state index in [1.165, 1.54) is 0 Å². The van der Waals surface area contributed by atoms with Crippen LogP contribution in [-0.4, -0.2) is 54.3 Å². The van der Waals surface area contributed by atoms with E-state index >= 15 is 0 Å². The molecular weight excluding hydrogens is 302 g/mol. The van der Waals surface area contributed by atoms with E-state index in [1.807, 2.05) is 40.1 Å². The minimum atomic E-state index is -0.453. The Bertz CT molecular complexity index is 606. The number of hydrogen-bond donors (Lipinski definition) is 1. The van der Waals surface area contributed by atoms with Crippen LogP contribution in [0.15, 0.2) is 30.3 Å². The normalized spacial score (nSPS) is 28.1. The standard InChI is InChI=1S/C19H25N3O2/c23-17-8-4-5-9-22(17)18(14-6-2-1-3-7-14)19(24)21-12-15-10-20-11-16(15)13-21/h1-3,6-7,15-16,18,20H,4-5,8-13H2/t15-,16+,18?. The summed E-state index contributed by atoms with van der Waals surface area (Å²) in [6.45, 7) is 4.34. The molecule has 0 bridgehead atoms. The number of amides is 2. The Morgan fingerprint density at radius 1 is 1.08 bits per heavy atom. The van der Waals surface area contributed by atoms with Gasteiger partial charge in [0.05, 0.1) is 0 Å². The average molecular weight is 327 g/mol. The molecular formula is C19H25N3O2. The molecule has 3 aliphatic heterocycles. The number of benzene rings is 1. The van der Waals surface area contributed by atoms with Gasteiger partial charge in [0.2, 0.25) is 11.8 Å². The fourth-order valence-electron chi connectivity index (χ4n) is 4.40. The molecule has 0 aliphatic carbocycles. The monoisotopic (exact) mass is 327 g/mol. The Hall–Kier alpha value is -1.88. The van der Waals surface area contributed by atoms with Crippen LogP contribution in [0.25, 0.3) is 0 Å². The molecule has 5 heteroatoms. The van der Waals surface area contributed by atoms with Crippen molar-refractivity contribution in [2.75, 3.05) is 32.7 Å². The van der Waals surface area contributed by atoms with E-state index in [4.69, 9.17) is 0 Å². The highest BCUT2D eigenvalue weighted by Crippen LogP contribution is 2.32. The highest BCUT2D eigenvalue weighted by molar-refractivity contribution is 5.89. The molecule has 1 unspecified atom stereocenters. The van der Waals surface area contributed by atoms with Crippen molar-refractivity contribution in [3.05, 3.63) is 35.9 Å². The zero-order valence-electron chi connectivity index (χ0n) is 14.0. The molecule has 3 saturated heterocycles. The summed E-state index contributed by atoms with van der Waals surface area (Å²) in [5.41, 5.74) is 0.938. The minimum absolute atomic E-state index is 0.103. The molecule has 1 aromatic carbocycles. The van der Waals surface area contributed by atoms with E-state index in [9.17, 15) is 9.59 Å². The van der Waals surface area contributed by atoms with Crippen molar-refractivity contribution in [2.45, 2.75) is 25.3 Å². The van der Waals surface area contributed by atoms with Gasteiger partial charge in [0.1, 0.15) is 6.04 Å². The van der Waals surface area contributed by atoms with Gasteiger partial charge >= 0.3 is 0 Å². The Balaban J connectivity index is 1.60. The van der Waals surface area contributed by atoms with Gasteiger partial charge in [-0.3, -0.25) is 9.59 Å². The first-order valence-corrected chi connectivity index (χ1v) is 9.08. The van der Waals surface area contributed by atoms with Gasteiger partial charge in [0.15, 0.2) is 0 Å². The van der Waals surface area contributed by atoms with Gasteiger partial charge in [-0.05, 0) is 30.2 Å². The summed E-state index contributed by atoms with van der Waals surface area (Å²) >= 11 is 0. The molecule has 24 heavy (non-hydrogen) atoms. The Kier molecular flexibility index (Phi) is 4.27. The summed E-state index contributed by atoms with van der Waals surface area (Å²) in [5, 5.41) is 3.41. The Morgan fingerprint density at radius 3 is 2.46 bits per heavy atom. The quantitative estimate of drug-likeness (QED) is 0.913. The van der Waals surface area contributed by atoms with Crippen LogP contribution < -0.4 is 5.32 Å². The maximum Gasteiger partial charge on any atom is 0.250 e. The molecule has 0 spiro atoms. The van der Waals surface area contributed by atoms with Gasteiger partial charge in [0, 0.05) is 39.1 Å². The fraction of sp³-hybridized carbons (Fsp3) is 0.579. The Morgan fingerprint density at radius 2 is 1.79 bits per heavy atom. The number of nitrogens with one attached hydrogen (secondary N) is 1. The SMILES string of the molecule is O=C(C(c1ccccc1)N1CCCCC1=O)N1C[C@H]2CNC[C@H]2C1. The molecule has 3 fully saturated rings. The number of nitrogens with zero attached hydrogens (tertiary/aromatic N) is 2. The molecule has 0 aromatic heterocycles. The molecule has 3 atom stereocenters. The number of likely N-dealkylation sites (tertiary alicyclic amines) is 2. The zero-order valence-corrected chi connectivity index (χ0v) is 14.0. The summed E-state index contributed by atoms with van der Waals surface area (Å²) in [7, 11) is 0. The maximum atomic E-state index is 13.3. The summed E-state index contributed by atoms with van der Waals surface area (Å²) in [6.07, 6.45) is 2.48. The molecule has 2 amide bonds. The molecule has 1 aromatic rings. The van der Waals surface area contributed by atoms with E-state index in [1.54, 1.807) is 0 Å². The lowest BCUT2D eigenvalue weighted by Crippen LogP contribution is -2.47. The fourth-order valence-corrected chi connectivity index (χ4v) is 4.40. The first-order chi connectivity index (χ1) is 11.7. The van der Waals surface area contributed by atoms with Crippen LogP contribution in [-0.2, 0) is 9.59 Å². The van der Waals surface area contributed by atoms with Gasteiger partial charge in [-0.15, -0.1) is 0 Å². The van der Waals surface area contributed by atoms with E-state index in [2.05, 4.69) is 5.32 Å². The van der Waals surface area contributed by atoms with Crippen molar-refractivity contribution in [1.82, 2.24) is 15.1 Å². The maximum absolute atomic E-state index is 13.3. The zero-order chi connectivity index (χ0) is 16.5. The third-order valence-electron chi connectivity index (χ3n) is 5.72. The van der Waals surface area contributed by atoms with Crippen molar-refractivity contribution in [3.63, 3.8) is 0 Å². The highest BCUT2D eigenvalue weighted by Gasteiger charge is 2.42. The lowest BCUT2D eigenvalue weighted by atomic mass is 10.00. The lowest BCUT2D eigenvalue weighted by molar-refractivity contribution is -0.147. The minimum Gasteiger partial charge on any atom is -0.340 e. The summed E-state index contributed by atoms with van der Waals surface area (Å²) in [6, 6.07) is 9.35. The second-order valence-corrected chi connectivity index (χ2v) is 7.28. The van der Waals surface area contributed by atoms with E-state index in [-0.39, 0.29) is 11.8 Å². The third kappa shape index (κ3) is 2.81. The van der Waals surface area contributed by atoms with Crippen LogP contribution in [0, 0.1) is 11.8 Å². The molecule has 4 rings (SSSR count). The molecule has 0 radical (unpaired) electrons. The number of fused-ring (bicyclic) bond motifs is 1. The van der Waals surface area contributed by atoms with Crippen LogP contribution in [0.5, 0.6) is 0 Å². The van der Waals surface area contributed by atoms with Crippen LogP contribution in [0.2, 0.25) is 0 Å². The number of carbonyl (C=O) groups is 2. The molecule has 128 valence electrons. The Labute approximate surface area is 143 Å². The second-order valence-electron chi connectivity index (χ2n) is 7.28. The average Bonchev–Trinajstić information content (AvgIpc) is 3.19. The van der Waals surface area contributed by atoms with Gasteiger partial charge in [0.25, 0.3) is 0 Å². The molecule has 3 heterocycles. The first kappa shape index (κ1) is 15.6. The number of carbonyl (C=O) groups excluding carboxylic acids is 2. The van der Waals surface area contributed by atoms with Crippen molar-refractivity contribution >= 4 is 11.8 Å². The van der Waals surface area contributed by atoms with Crippen molar-refractivity contribution in [2.24, 2.45) is 11.8 Å². The number of hydrogen-bond acceptors (Lipinski definition) is 3. The van der Waals surface area contributed by atoms with Crippen molar-refractivity contribution < 1.29 is 9.59 Å². The van der Waals surface area contributed by atoms with Crippen molar-refractivity contribution in [3.8, 4) is 0 Å². The molecule has 5 nitrogen and oxygen atoms in total. The molecule has 3 aliphatic rings. The summed E-state index contributed by atoms with van der Waals surface area (Å²) in [4.78, 5) is 29.6. The van der Waals surface area contributed by atoms with Crippen LogP contribution in [0.4, 0.5) is 0 Å². The van der Waals surface area contributed by atoms with Gasteiger partial charge in [-0.25, -0.2) is 0 Å². The van der Waals surface area contributed by atoms with Gasteiger partial charge in [-0.2, -0.15) is 0 Å². The van der Waals surface area contributed by atoms with Crippen molar-refractivity contribution in [1.29, 1.82) is 0 Å². The topological polar surface area (TPSA) is 52.7 Å². The van der Waals surface area contributed by atoms with E-state index < -0.39 is 6.04 Å². The summed E-state index contributed by atoms with van der Waals surface area (Å²) < 4.78 is 0. The lowest BCUT2D eigenvalue weighted by Gasteiger charge is -2.36. The predicted molar refractivity (Wildman–Crippen MR) is 91.2 cm³/mol. The second kappa shape index (κ2) is 6.55. The molecule has 0 saturated carbocycles. The largest absolute Gasteiger partial charge is 0.340 e. The van der Waals surface area contributed by atoms with E-state index in [0.29, 0.717) is 24.8 Å². The van der Waals surface area contributed by atoms with Crippen LogP contribution in [0.1, 0.15) is 30.9 Å². The smallest absolute Gasteiger partial charge is 0.250 e. The van der Waals surface area contributed by atoms with Crippen LogP contribution >= 0.6 is 0 Å². The van der Waals surface area contributed by atoms with Crippen LogP contribution in [0.3, 0.4) is 0 Å². The molecule has 1 N–H and O–H groups in total. The first-order valence-electron chi connectivity index (χ1n) is 9.08. The third-order valence-corrected chi connectivity index (χ3v) is 5.72. The number of piperidine rings is 1. The number of rotatable bonds is 3. The van der Waals surface area contributed by atoms with Gasteiger partial charge < -0.3 is 15.1 Å². The van der Waals surface area contributed by atoms with E-state index in [0.717, 1.165) is 44.6 Å².